The van der Waals surface area contributed by atoms with E-state index in [1.165, 1.54) is 12.8 Å². The summed E-state index contributed by atoms with van der Waals surface area (Å²) >= 11 is 0. The van der Waals surface area contributed by atoms with E-state index in [1.807, 2.05) is 48.5 Å². The third-order valence-corrected chi connectivity index (χ3v) is 6.21. The predicted octanol–water partition coefficient (Wildman–Crippen LogP) is 4.27. The summed E-state index contributed by atoms with van der Waals surface area (Å²) in [7, 11) is 1.65. The molecule has 2 amide bonds. The van der Waals surface area contributed by atoms with Gasteiger partial charge in [0.2, 0.25) is 11.8 Å². The number of benzene rings is 2. The van der Waals surface area contributed by atoms with Gasteiger partial charge in [0.05, 0.1) is 13.2 Å². The molecule has 2 atom stereocenters. The zero-order chi connectivity index (χ0) is 21.6. The molecule has 2 N–H and O–H groups in total. The summed E-state index contributed by atoms with van der Waals surface area (Å²) in [4.78, 5) is 24.9. The Labute approximate surface area is 183 Å². The van der Waals surface area contributed by atoms with Crippen LogP contribution in [0.2, 0.25) is 0 Å². The maximum absolute atomic E-state index is 12.5. The van der Waals surface area contributed by atoms with Crippen LogP contribution in [0, 0.1) is 5.92 Å². The molecule has 2 aromatic rings. The zero-order valence-electron chi connectivity index (χ0n) is 17.9. The first-order chi connectivity index (χ1) is 15.1. The van der Waals surface area contributed by atoms with Crippen LogP contribution in [0.15, 0.2) is 48.5 Å². The highest BCUT2D eigenvalue weighted by Gasteiger charge is 2.31. The Morgan fingerprint density at radius 2 is 1.87 bits per heavy atom. The lowest BCUT2D eigenvalue weighted by atomic mass is 9.83. The molecule has 1 aliphatic carbocycles. The van der Waals surface area contributed by atoms with Gasteiger partial charge in [-0.1, -0.05) is 24.3 Å². The quantitative estimate of drug-likeness (QED) is 0.699. The van der Waals surface area contributed by atoms with E-state index in [-0.39, 0.29) is 36.2 Å². The fourth-order valence-electron chi connectivity index (χ4n) is 4.51. The smallest absolute Gasteiger partial charge is 0.225 e. The van der Waals surface area contributed by atoms with E-state index < -0.39 is 0 Å². The van der Waals surface area contributed by atoms with E-state index in [1.54, 1.807) is 7.11 Å². The first kappa shape index (κ1) is 21.2. The standard InChI is InChI=1S/C25H30N2O4/c1-30-22-12-11-17(14-23(22)31-21-9-5-6-10-21)19-13-18(25(29)26-16-19)15-24(28)27-20-7-3-2-4-8-20/h2-4,7-8,11-12,14,18-19,21H,5-6,9-10,13,15-16H2,1H3,(H,26,29)(H,27,28). The number of amides is 2. The summed E-state index contributed by atoms with van der Waals surface area (Å²) in [5.41, 5.74) is 1.84. The van der Waals surface area contributed by atoms with Gasteiger partial charge in [0.1, 0.15) is 0 Å². The van der Waals surface area contributed by atoms with Crippen LogP contribution in [0.25, 0.3) is 0 Å². The molecule has 0 radical (unpaired) electrons. The van der Waals surface area contributed by atoms with Crippen molar-refractivity contribution >= 4 is 17.5 Å². The highest BCUT2D eigenvalue weighted by Crippen LogP contribution is 2.37. The van der Waals surface area contributed by atoms with E-state index in [0.29, 0.717) is 13.0 Å². The average Bonchev–Trinajstić information content (AvgIpc) is 3.29. The van der Waals surface area contributed by atoms with Gasteiger partial charge in [-0.3, -0.25) is 9.59 Å². The average molecular weight is 423 g/mol. The van der Waals surface area contributed by atoms with Crippen LogP contribution in [0.5, 0.6) is 11.5 Å². The number of ether oxygens (including phenoxy) is 2. The summed E-state index contributed by atoms with van der Waals surface area (Å²) < 4.78 is 11.7. The van der Waals surface area contributed by atoms with Crippen LogP contribution >= 0.6 is 0 Å². The second kappa shape index (κ2) is 9.86. The van der Waals surface area contributed by atoms with Gasteiger partial charge in [-0.25, -0.2) is 0 Å². The number of hydrogen-bond acceptors (Lipinski definition) is 4. The van der Waals surface area contributed by atoms with Crippen molar-refractivity contribution in [3.63, 3.8) is 0 Å². The molecule has 1 aliphatic heterocycles. The Bertz CT molecular complexity index is 909. The van der Waals surface area contributed by atoms with Crippen molar-refractivity contribution in [2.75, 3.05) is 19.0 Å². The summed E-state index contributed by atoms with van der Waals surface area (Å²) in [6, 6.07) is 15.3. The molecule has 31 heavy (non-hydrogen) atoms. The fourth-order valence-corrected chi connectivity index (χ4v) is 4.51. The normalized spacial score (nSPS) is 21.4. The Balaban J connectivity index is 1.43. The van der Waals surface area contributed by atoms with Crippen LogP contribution in [0.1, 0.15) is 50.0 Å². The monoisotopic (exact) mass is 422 g/mol. The molecule has 1 saturated heterocycles. The van der Waals surface area contributed by atoms with Crippen LogP contribution in [-0.2, 0) is 9.59 Å². The maximum atomic E-state index is 12.5. The van der Waals surface area contributed by atoms with Crippen molar-refractivity contribution in [3.8, 4) is 11.5 Å². The SMILES string of the molecule is COc1ccc(C2CNC(=O)C(CC(=O)Nc3ccccc3)C2)cc1OC1CCCC1. The number of carbonyl (C=O) groups excluding carboxylic acids is 2. The second-order valence-electron chi connectivity index (χ2n) is 8.43. The van der Waals surface area contributed by atoms with Crippen molar-refractivity contribution in [1.29, 1.82) is 0 Å². The van der Waals surface area contributed by atoms with Gasteiger partial charge in [0.15, 0.2) is 11.5 Å². The fraction of sp³-hybridized carbons (Fsp3) is 0.440. The minimum absolute atomic E-state index is 0.0598. The van der Waals surface area contributed by atoms with Crippen molar-refractivity contribution in [2.24, 2.45) is 5.92 Å². The second-order valence-corrected chi connectivity index (χ2v) is 8.43. The van der Waals surface area contributed by atoms with Gasteiger partial charge in [-0.05, 0) is 61.9 Å². The van der Waals surface area contributed by atoms with E-state index >= 15 is 0 Å². The largest absolute Gasteiger partial charge is 0.493 e. The third kappa shape index (κ3) is 5.37. The number of hydrogen-bond donors (Lipinski definition) is 2. The van der Waals surface area contributed by atoms with Gasteiger partial charge < -0.3 is 20.1 Å². The first-order valence-electron chi connectivity index (χ1n) is 11.1. The minimum Gasteiger partial charge on any atom is -0.493 e. The number of carbonyl (C=O) groups is 2. The molecule has 0 bridgehead atoms. The lowest BCUT2D eigenvalue weighted by molar-refractivity contribution is -0.130. The molecule has 2 fully saturated rings. The zero-order valence-corrected chi connectivity index (χ0v) is 17.9. The highest BCUT2D eigenvalue weighted by atomic mass is 16.5. The molecule has 164 valence electrons. The molecule has 2 unspecified atom stereocenters. The van der Waals surface area contributed by atoms with Gasteiger partial charge in [-0.2, -0.15) is 0 Å². The molecule has 2 aromatic carbocycles. The maximum Gasteiger partial charge on any atom is 0.225 e. The lowest BCUT2D eigenvalue weighted by Gasteiger charge is -2.29. The molecule has 0 aromatic heterocycles. The molecular weight excluding hydrogens is 392 g/mol. The summed E-state index contributed by atoms with van der Waals surface area (Å²) in [5.74, 6) is 1.06. The number of nitrogens with one attached hydrogen (secondary N) is 2. The number of rotatable bonds is 7. The molecule has 6 nitrogen and oxygen atoms in total. The number of piperidine rings is 1. The number of anilines is 1. The van der Waals surface area contributed by atoms with Gasteiger partial charge in [-0.15, -0.1) is 0 Å². The molecule has 1 heterocycles. The topological polar surface area (TPSA) is 76.7 Å². The Kier molecular flexibility index (Phi) is 6.75. The first-order valence-corrected chi connectivity index (χ1v) is 11.1. The minimum atomic E-state index is -0.358. The van der Waals surface area contributed by atoms with Crippen molar-refractivity contribution in [2.45, 2.75) is 50.5 Å². The molecule has 4 rings (SSSR count). The van der Waals surface area contributed by atoms with E-state index in [2.05, 4.69) is 10.6 Å². The van der Waals surface area contributed by atoms with Gasteiger partial charge >= 0.3 is 0 Å². The number of para-hydroxylation sites is 1. The Hall–Kier alpha value is -3.02. The van der Waals surface area contributed by atoms with Crippen LogP contribution < -0.4 is 20.1 Å². The van der Waals surface area contributed by atoms with Crippen molar-refractivity contribution in [3.05, 3.63) is 54.1 Å². The molecule has 0 spiro atoms. The lowest BCUT2D eigenvalue weighted by Crippen LogP contribution is -2.42. The summed E-state index contributed by atoms with van der Waals surface area (Å²) in [6.07, 6.45) is 5.59. The van der Waals surface area contributed by atoms with Crippen LogP contribution in [-0.4, -0.2) is 31.6 Å². The molecule has 2 aliphatic rings. The molecular formula is C25H30N2O4. The highest BCUT2D eigenvalue weighted by molar-refractivity contribution is 5.94. The van der Waals surface area contributed by atoms with Crippen LogP contribution in [0.4, 0.5) is 5.69 Å². The predicted molar refractivity (Wildman–Crippen MR) is 119 cm³/mol. The van der Waals surface area contributed by atoms with Gasteiger partial charge in [0, 0.05) is 30.5 Å². The van der Waals surface area contributed by atoms with Gasteiger partial charge in [0.25, 0.3) is 0 Å². The summed E-state index contributed by atoms with van der Waals surface area (Å²) in [6.45, 7) is 0.560. The van der Waals surface area contributed by atoms with Crippen molar-refractivity contribution < 1.29 is 19.1 Å². The third-order valence-electron chi connectivity index (χ3n) is 6.21. The van der Waals surface area contributed by atoms with E-state index in [4.69, 9.17) is 9.47 Å². The summed E-state index contributed by atoms with van der Waals surface area (Å²) in [5, 5.41) is 5.85. The van der Waals surface area contributed by atoms with E-state index in [9.17, 15) is 9.59 Å². The molecule has 1 saturated carbocycles. The van der Waals surface area contributed by atoms with E-state index in [0.717, 1.165) is 35.6 Å². The van der Waals surface area contributed by atoms with Crippen LogP contribution in [0.3, 0.4) is 0 Å². The molecule has 6 heteroatoms. The van der Waals surface area contributed by atoms with Crippen molar-refractivity contribution in [1.82, 2.24) is 5.32 Å². The Morgan fingerprint density at radius 1 is 1.10 bits per heavy atom. The Morgan fingerprint density at radius 3 is 2.61 bits per heavy atom. The number of methoxy groups -OCH3 is 1.